The number of hydrogen-bond donors (Lipinski definition) is 3. The zero-order chi connectivity index (χ0) is 19.3. The molecule has 0 radical (unpaired) electrons. The van der Waals surface area contributed by atoms with Crippen molar-refractivity contribution in [1.82, 2.24) is 10.3 Å². The van der Waals surface area contributed by atoms with Gasteiger partial charge in [-0.3, -0.25) is 4.79 Å². The van der Waals surface area contributed by atoms with Gasteiger partial charge in [-0.1, -0.05) is 0 Å². The monoisotopic (exact) mass is 423 g/mol. The maximum atomic E-state index is 10.7. The van der Waals surface area contributed by atoms with Crippen LogP contribution < -0.4 is 19.5 Å². The first kappa shape index (κ1) is 19.6. The summed E-state index contributed by atoms with van der Waals surface area (Å²) in [7, 11) is 4.54. The van der Waals surface area contributed by atoms with Crippen molar-refractivity contribution in [3.63, 3.8) is 0 Å². The number of halogens is 1. The van der Waals surface area contributed by atoms with E-state index in [1.807, 2.05) is 0 Å². The first-order valence-corrected chi connectivity index (χ1v) is 8.30. The summed E-state index contributed by atoms with van der Waals surface area (Å²) in [5.41, 5.74) is 2.31. The molecule has 1 aromatic heterocycles. The minimum Gasteiger partial charge on any atom is -0.493 e. The highest BCUT2D eigenvalue weighted by Gasteiger charge is 2.24. The molecule has 1 aromatic carbocycles. The largest absolute Gasteiger partial charge is 0.493 e. The summed E-state index contributed by atoms with van der Waals surface area (Å²) >= 11 is 3.44. The number of carbonyl (C=O) groups is 1. The first-order chi connectivity index (χ1) is 12.5. The first-order valence-electron chi connectivity index (χ1n) is 7.50. The van der Waals surface area contributed by atoms with Gasteiger partial charge in [0, 0.05) is 23.4 Å². The number of nitrogens with zero attached hydrogens (tertiary/aromatic N) is 1. The highest BCUT2D eigenvalue weighted by molar-refractivity contribution is 9.10. The number of ether oxygens (including phenoxy) is 3. The van der Waals surface area contributed by atoms with E-state index in [0.717, 1.165) is 0 Å². The zero-order valence-corrected chi connectivity index (χ0v) is 16.1. The molecule has 0 atom stereocenters. The van der Waals surface area contributed by atoms with Gasteiger partial charge in [0.2, 0.25) is 5.75 Å². The molecule has 0 aliphatic rings. The summed E-state index contributed by atoms with van der Waals surface area (Å²) in [6.07, 6.45) is 0. The van der Waals surface area contributed by atoms with Gasteiger partial charge in [0.25, 0.3) is 0 Å². The normalized spacial score (nSPS) is 10.3. The lowest BCUT2D eigenvalue weighted by Gasteiger charge is -2.16. The summed E-state index contributed by atoms with van der Waals surface area (Å²) in [4.78, 5) is 13.7. The molecule has 26 heavy (non-hydrogen) atoms. The second-order valence-corrected chi connectivity index (χ2v) is 5.95. The van der Waals surface area contributed by atoms with E-state index in [9.17, 15) is 10.1 Å². The Morgan fingerprint density at radius 1 is 1.27 bits per heavy atom. The van der Waals surface area contributed by atoms with E-state index in [2.05, 4.69) is 32.3 Å². The number of carboxylic acid groups (broad SMARTS) is 1. The van der Waals surface area contributed by atoms with Crippen molar-refractivity contribution in [1.29, 1.82) is 5.26 Å². The van der Waals surface area contributed by atoms with Crippen LogP contribution >= 0.6 is 15.9 Å². The average Bonchev–Trinajstić information content (AvgIpc) is 2.95. The molecule has 0 aliphatic carbocycles. The number of benzene rings is 1. The van der Waals surface area contributed by atoms with E-state index < -0.39 is 5.97 Å². The lowest BCUT2D eigenvalue weighted by atomic mass is 10.0. The van der Waals surface area contributed by atoms with E-state index in [0.29, 0.717) is 44.2 Å². The molecule has 1 heterocycles. The van der Waals surface area contributed by atoms with Crippen LogP contribution in [0.5, 0.6) is 17.2 Å². The van der Waals surface area contributed by atoms with Gasteiger partial charge in [-0.25, -0.2) is 0 Å². The maximum absolute atomic E-state index is 10.7. The van der Waals surface area contributed by atoms with Crippen LogP contribution in [0.1, 0.15) is 11.4 Å². The number of aromatic amines is 1. The summed E-state index contributed by atoms with van der Waals surface area (Å²) in [6, 6.07) is 5.59. The summed E-state index contributed by atoms with van der Waals surface area (Å²) in [5.74, 6) is 0.395. The van der Waals surface area contributed by atoms with E-state index in [1.165, 1.54) is 21.3 Å². The van der Waals surface area contributed by atoms with Crippen LogP contribution in [0.15, 0.2) is 16.6 Å². The molecule has 3 N–H and O–H groups in total. The summed E-state index contributed by atoms with van der Waals surface area (Å²) in [5, 5.41) is 20.9. The van der Waals surface area contributed by atoms with E-state index in [-0.39, 0.29) is 13.1 Å². The van der Waals surface area contributed by atoms with Crippen molar-refractivity contribution < 1.29 is 24.1 Å². The Labute approximate surface area is 158 Å². The number of aromatic nitrogens is 1. The van der Waals surface area contributed by atoms with Crippen LogP contribution in [0, 0.1) is 11.3 Å². The Balaban J connectivity index is 2.62. The Hall–Kier alpha value is -2.70. The van der Waals surface area contributed by atoms with Gasteiger partial charge in [-0.2, -0.15) is 5.26 Å². The molecule has 0 bridgehead atoms. The van der Waals surface area contributed by atoms with Crippen LogP contribution in [0.3, 0.4) is 0 Å². The van der Waals surface area contributed by atoms with Crippen LogP contribution in [0.25, 0.3) is 11.1 Å². The fraction of sp³-hybridized carbons (Fsp3) is 0.294. The van der Waals surface area contributed by atoms with Gasteiger partial charge in [0.1, 0.15) is 11.8 Å². The molecule has 0 aliphatic heterocycles. The molecular formula is C17H18BrN3O5. The number of hydrogen-bond acceptors (Lipinski definition) is 6. The van der Waals surface area contributed by atoms with Gasteiger partial charge in [0.05, 0.1) is 32.3 Å². The van der Waals surface area contributed by atoms with Gasteiger partial charge < -0.3 is 29.6 Å². The van der Waals surface area contributed by atoms with Gasteiger partial charge >= 0.3 is 5.97 Å². The Bertz CT molecular complexity index is 857. The highest BCUT2D eigenvalue weighted by atomic mass is 79.9. The van der Waals surface area contributed by atoms with E-state index in [1.54, 1.807) is 12.1 Å². The fourth-order valence-electron chi connectivity index (χ4n) is 2.61. The molecule has 0 fully saturated rings. The lowest BCUT2D eigenvalue weighted by molar-refractivity contribution is -0.136. The molecule has 0 saturated carbocycles. The molecule has 0 amide bonds. The van der Waals surface area contributed by atoms with E-state index >= 15 is 0 Å². The molecule has 8 nitrogen and oxygen atoms in total. The van der Waals surface area contributed by atoms with Crippen molar-refractivity contribution in [2.75, 3.05) is 27.9 Å². The van der Waals surface area contributed by atoms with Gasteiger partial charge in [-0.15, -0.1) is 0 Å². The third kappa shape index (κ3) is 3.76. The molecule has 9 heteroatoms. The molecule has 0 spiro atoms. The van der Waals surface area contributed by atoms with Crippen LogP contribution in [0.4, 0.5) is 0 Å². The predicted octanol–water partition coefficient (Wildman–Crippen LogP) is 2.52. The Morgan fingerprint density at radius 2 is 1.96 bits per heavy atom. The number of nitrogens with one attached hydrogen (secondary N) is 2. The van der Waals surface area contributed by atoms with Crippen LogP contribution in [-0.2, 0) is 11.3 Å². The topological polar surface area (TPSA) is 117 Å². The van der Waals surface area contributed by atoms with Crippen LogP contribution in [-0.4, -0.2) is 43.9 Å². The number of carboxylic acids is 1. The third-order valence-corrected chi connectivity index (χ3v) is 4.47. The van der Waals surface area contributed by atoms with Gasteiger partial charge in [-0.05, 0) is 28.1 Å². The maximum Gasteiger partial charge on any atom is 0.317 e. The smallest absolute Gasteiger partial charge is 0.317 e. The average molecular weight is 424 g/mol. The molecule has 0 saturated heterocycles. The standard InChI is InChI=1S/C17H18BrN3O5/c1-24-12-5-4-9(16(25-2)17(12)26-3)14-11(7-20-8-13(22)23)21-10(6-19)15(14)18/h4-5,20-21H,7-8H2,1-3H3,(H,22,23). The minimum atomic E-state index is -0.971. The molecule has 0 unspecified atom stereocenters. The second kappa shape index (κ2) is 8.60. The number of methoxy groups -OCH3 is 3. The Kier molecular flexibility index (Phi) is 6.49. The SMILES string of the molecule is COc1ccc(-c2c(CNCC(=O)O)[nH]c(C#N)c2Br)c(OC)c1OC. The van der Waals surface area contributed by atoms with Gasteiger partial charge in [0.15, 0.2) is 11.5 Å². The quantitative estimate of drug-likeness (QED) is 0.596. The molecule has 2 rings (SSSR count). The minimum absolute atomic E-state index is 0.207. The second-order valence-electron chi connectivity index (χ2n) is 5.16. The number of rotatable bonds is 8. The number of aliphatic carboxylic acids is 1. The van der Waals surface area contributed by atoms with Crippen molar-refractivity contribution in [2.45, 2.75) is 6.54 Å². The van der Waals surface area contributed by atoms with E-state index in [4.69, 9.17) is 19.3 Å². The Morgan fingerprint density at radius 3 is 2.50 bits per heavy atom. The third-order valence-electron chi connectivity index (χ3n) is 3.68. The predicted molar refractivity (Wildman–Crippen MR) is 97.6 cm³/mol. The highest BCUT2D eigenvalue weighted by Crippen LogP contribution is 2.47. The number of H-pyrrole nitrogens is 1. The van der Waals surface area contributed by atoms with Crippen molar-refractivity contribution >= 4 is 21.9 Å². The fourth-order valence-corrected chi connectivity index (χ4v) is 3.25. The molecular weight excluding hydrogens is 406 g/mol. The van der Waals surface area contributed by atoms with Crippen LogP contribution in [0.2, 0.25) is 0 Å². The summed E-state index contributed by atoms with van der Waals surface area (Å²) < 4.78 is 16.8. The number of nitriles is 1. The molecule has 2 aromatic rings. The molecule has 138 valence electrons. The van der Waals surface area contributed by atoms with Crippen molar-refractivity contribution in [3.05, 3.63) is 28.0 Å². The van der Waals surface area contributed by atoms with Crippen molar-refractivity contribution in [2.24, 2.45) is 0 Å². The van der Waals surface area contributed by atoms with Crippen molar-refractivity contribution in [3.8, 4) is 34.4 Å². The lowest BCUT2D eigenvalue weighted by Crippen LogP contribution is -2.22. The zero-order valence-electron chi connectivity index (χ0n) is 14.5. The summed E-state index contributed by atoms with van der Waals surface area (Å²) in [6.45, 7) is 0.0143.